The Labute approximate surface area is 93.7 Å². The zero-order valence-electron chi connectivity index (χ0n) is 9.14. The van der Waals surface area contributed by atoms with Gasteiger partial charge >= 0.3 is 0 Å². The minimum absolute atomic E-state index is 0.223. The normalized spacial score (nSPS) is 12.2. The van der Waals surface area contributed by atoms with E-state index >= 15 is 0 Å². The Kier molecular flexibility index (Phi) is 4.90. The summed E-state index contributed by atoms with van der Waals surface area (Å²) < 4.78 is 0. The first kappa shape index (κ1) is 12.6. The number of hydrogen-bond donors (Lipinski definition) is 5. The summed E-state index contributed by atoms with van der Waals surface area (Å²) in [7, 11) is 0. The molecule has 0 aliphatic carbocycles. The molecule has 0 saturated carbocycles. The zero-order chi connectivity index (χ0) is 12.0. The van der Waals surface area contributed by atoms with E-state index in [1.54, 1.807) is 6.07 Å². The summed E-state index contributed by atoms with van der Waals surface area (Å²) >= 11 is 0. The molecule has 0 aromatic carbocycles. The van der Waals surface area contributed by atoms with E-state index in [0.29, 0.717) is 23.9 Å². The van der Waals surface area contributed by atoms with Gasteiger partial charge in [-0.05, 0) is 0 Å². The summed E-state index contributed by atoms with van der Waals surface area (Å²) in [5, 5.41) is 20.7. The van der Waals surface area contributed by atoms with Gasteiger partial charge in [-0.3, -0.25) is 0 Å². The number of hydrogen-bond acceptors (Lipinski definition) is 7. The number of hydrazine groups is 1. The lowest BCUT2D eigenvalue weighted by molar-refractivity contribution is 0.105. The van der Waals surface area contributed by atoms with Crippen LogP contribution in [0.4, 0.5) is 11.6 Å². The molecule has 1 rings (SSSR count). The van der Waals surface area contributed by atoms with Crippen molar-refractivity contribution in [2.45, 2.75) is 19.4 Å². The maximum Gasteiger partial charge on any atom is 0.145 e. The number of aliphatic hydroxyl groups excluding tert-OH is 2. The van der Waals surface area contributed by atoms with Crippen LogP contribution >= 0.6 is 0 Å². The van der Waals surface area contributed by atoms with E-state index < -0.39 is 6.10 Å². The van der Waals surface area contributed by atoms with E-state index in [0.717, 1.165) is 0 Å². The highest BCUT2D eigenvalue weighted by atomic mass is 16.3. The molecular formula is C9H17N5O2. The van der Waals surface area contributed by atoms with Crippen LogP contribution in [-0.4, -0.2) is 39.4 Å². The van der Waals surface area contributed by atoms with Crippen molar-refractivity contribution in [3.05, 3.63) is 11.9 Å². The number of aryl methyl sites for hydroxylation is 1. The number of nitrogen functional groups attached to an aromatic ring is 1. The summed E-state index contributed by atoms with van der Waals surface area (Å²) in [6.45, 7) is 1.86. The maximum absolute atomic E-state index is 9.18. The average Bonchev–Trinajstić information content (AvgIpc) is 2.35. The molecule has 7 heteroatoms. The van der Waals surface area contributed by atoms with Gasteiger partial charge in [-0.25, -0.2) is 15.8 Å². The van der Waals surface area contributed by atoms with Crippen molar-refractivity contribution in [2.24, 2.45) is 5.84 Å². The minimum Gasteiger partial charge on any atom is -0.394 e. The smallest absolute Gasteiger partial charge is 0.145 e. The SMILES string of the molecule is CCc1nc(NN)cc(NCC(O)CO)n1. The molecule has 16 heavy (non-hydrogen) atoms. The van der Waals surface area contributed by atoms with Crippen molar-refractivity contribution in [2.75, 3.05) is 23.9 Å². The number of nitrogens with zero attached hydrogens (tertiary/aromatic N) is 2. The fourth-order valence-corrected chi connectivity index (χ4v) is 1.11. The van der Waals surface area contributed by atoms with Crippen LogP contribution in [0.5, 0.6) is 0 Å². The maximum atomic E-state index is 9.18. The van der Waals surface area contributed by atoms with Gasteiger partial charge in [0.25, 0.3) is 0 Å². The standard InChI is InChI=1S/C9H17N5O2/c1-2-7-12-8(3-9(13-7)14-10)11-4-6(16)5-15/h3,6,15-16H,2,4-5,10H2,1H3,(H2,11,12,13,14). The molecule has 7 nitrogen and oxygen atoms in total. The molecule has 0 bridgehead atoms. The van der Waals surface area contributed by atoms with Crippen LogP contribution in [0.25, 0.3) is 0 Å². The Bertz CT molecular complexity index is 311. The lowest BCUT2D eigenvalue weighted by Gasteiger charge is -2.11. The Balaban J connectivity index is 2.71. The molecule has 6 N–H and O–H groups in total. The Morgan fingerprint density at radius 3 is 2.69 bits per heavy atom. The van der Waals surface area contributed by atoms with Crippen molar-refractivity contribution in [1.82, 2.24) is 9.97 Å². The fourth-order valence-electron chi connectivity index (χ4n) is 1.11. The quantitative estimate of drug-likeness (QED) is 0.315. The predicted octanol–water partition coefficient (Wildman–Crippen LogP) is -0.910. The molecule has 0 fully saturated rings. The van der Waals surface area contributed by atoms with Crippen LogP contribution in [-0.2, 0) is 6.42 Å². The van der Waals surface area contributed by atoms with Gasteiger partial charge in [-0.1, -0.05) is 6.92 Å². The molecule has 1 aromatic rings. The summed E-state index contributed by atoms with van der Waals surface area (Å²) in [6.07, 6.45) is -0.124. The van der Waals surface area contributed by atoms with E-state index in [1.807, 2.05) is 6.92 Å². The van der Waals surface area contributed by atoms with Gasteiger partial charge < -0.3 is 21.0 Å². The van der Waals surface area contributed by atoms with Crippen LogP contribution in [0.3, 0.4) is 0 Å². The van der Waals surface area contributed by atoms with Crippen LogP contribution in [0.1, 0.15) is 12.7 Å². The third-order valence-electron chi connectivity index (χ3n) is 1.97. The lowest BCUT2D eigenvalue weighted by Crippen LogP contribution is -2.23. The Hall–Kier alpha value is -1.44. The first-order chi connectivity index (χ1) is 7.69. The molecule has 0 spiro atoms. The van der Waals surface area contributed by atoms with Crippen molar-refractivity contribution in [3.8, 4) is 0 Å². The minimum atomic E-state index is -0.811. The number of rotatable bonds is 6. The van der Waals surface area contributed by atoms with E-state index in [-0.39, 0.29) is 13.2 Å². The largest absolute Gasteiger partial charge is 0.394 e. The first-order valence-corrected chi connectivity index (χ1v) is 5.07. The number of anilines is 2. The molecule has 1 atom stereocenters. The van der Waals surface area contributed by atoms with E-state index in [1.165, 1.54) is 0 Å². The van der Waals surface area contributed by atoms with Crippen LogP contribution < -0.4 is 16.6 Å². The molecule has 0 saturated heterocycles. The van der Waals surface area contributed by atoms with Gasteiger partial charge in [0.15, 0.2) is 0 Å². The molecule has 0 radical (unpaired) electrons. The highest BCUT2D eigenvalue weighted by molar-refractivity contribution is 5.46. The summed E-state index contributed by atoms with van der Waals surface area (Å²) in [5.74, 6) is 6.99. The topological polar surface area (TPSA) is 116 Å². The monoisotopic (exact) mass is 227 g/mol. The molecular weight excluding hydrogens is 210 g/mol. The highest BCUT2D eigenvalue weighted by Gasteiger charge is 2.05. The fraction of sp³-hybridized carbons (Fsp3) is 0.556. The van der Waals surface area contributed by atoms with Crippen molar-refractivity contribution in [3.63, 3.8) is 0 Å². The third kappa shape index (κ3) is 3.61. The van der Waals surface area contributed by atoms with Gasteiger partial charge in [-0.2, -0.15) is 0 Å². The summed E-state index contributed by atoms with van der Waals surface area (Å²) in [6, 6.07) is 1.63. The van der Waals surface area contributed by atoms with E-state index in [4.69, 9.17) is 10.9 Å². The first-order valence-electron chi connectivity index (χ1n) is 5.07. The Morgan fingerprint density at radius 1 is 1.44 bits per heavy atom. The molecule has 0 amide bonds. The van der Waals surface area contributed by atoms with E-state index in [2.05, 4.69) is 20.7 Å². The molecule has 1 unspecified atom stereocenters. The molecule has 0 aliphatic heterocycles. The second kappa shape index (κ2) is 6.21. The molecule has 1 heterocycles. The number of nitrogens with two attached hydrogens (primary N) is 1. The molecule has 0 aliphatic rings. The predicted molar refractivity (Wildman–Crippen MR) is 60.8 cm³/mol. The zero-order valence-corrected chi connectivity index (χ0v) is 9.14. The van der Waals surface area contributed by atoms with E-state index in [9.17, 15) is 5.11 Å². The third-order valence-corrected chi connectivity index (χ3v) is 1.97. The molecule has 90 valence electrons. The molecule has 1 aromatic heterocycles. The summed E-state index contributed by atoms with van der Waals surface area (Å²) in [4.78, 5) is 8.31. The van der Waals surface area contributed by atoms with Crippen LogP contribution in [0.15, 0.2) is 6.07 Å². The number of aromatic nitrogens is 2. The van der Waals surface area contributed by atoms with Gasteiger partial charge in [-0.15, -0.1) is 0 Å². The van der Waals surface area contributed by atoms with Crippen molar-refractivity contribution >= 4 is 11.6 Å². The second-order valence-electron chi connectivity index (χ2n) is 3.27. The lowest BCUT2D eigenvalue weighted by atomic mass is 10.3. The Morgan fingerprint density at radius 2 is 2.12 bits per heavy atom. The van der Waals surface area contributed by atoms with Crippen molar-refractivity contribution < 1.29 is 10.2 Å². The van der Waals surface area contributed by atoms with Crippen LogP contribution in [0.2, 0.25) is 0 Å². The average molecular weight is 227 g/mol. The van der Waals surface area contributed by atoms with Gasteiger partial charge in [0.05, 0.1) is 12.7 Å². The van der Waals surface area contributed by atoms with Crippen molar-refractivity contribution in [1.29, 1.82) is 0 Å². The summed E-state index contributed by atoms with van der Waals surface area (Å²) in [5.41, 5.74) is 2.44. The second-order valence-corrected chi connectivity index (χ2v) is 3.27. The van der Waals surface area contributed by atoms with Gasteiger partial charge in [0.1, 0.15) is 17.5 Å². The highest BCUT2D eigenvalue weighted by Crippen LogP contribution is 2.10. The number of aliphatic hydroxyl groups is 2. The number of nitrogens with one attached hydrogen (secondary N) is 2. The van der Waals surface area contributed by atoms with Crippen LogP contribution in [0, 0.1) is 0 Å². The van der Waals surface area contributed by atoms with Gasteiger partial charge in [0.2, 0.25) is 0 Å². The van der Waals surface area contributed by atoms with Gasteiger partial charge in [0, 0.05) is 19.0 Å².